The van der Waals surface area contributed by atoms with E-state index in [1.807, 2.05) is 60.7 Å². The molecule has 0 aromatic heterocycles. The average molecular weight is 831 g/mol. The predicted octanol–water partition coefficient (Wildman–Crippen LogP) is 10.5. The summed E-state index contributed by atoms with van der Waals surface area (Å²) in [6, 6.07) is 63.4. The van der Waals surface area contributed by atoms with E-state index in [2.05, 4.69) is 170 Å². The molecule has 1 fully saturated rings. The van der Waals surface area contributed by atoms with Crippen LogP contribution in [0.15, 0.2) is 205 Å². The van der Waals surface area contributed by atoms with Gasteiger partial charge in [0.1, 0.15) is 0 Å². The minimum atomic E-state index is -3.34. The number of hydrogen-bond donors (Lipinski definition) is 0. The molecule has 6 aromatic rings. The molecular weight excluding hydrogens is 772 g/mol. The van der Waals surface area contributed by atoms with Crippen molar-refractivity contribution in [3.63, 3.8) is 0 Å². The van der Waals surface area contributed by atoms with E-state index < -0.39 is 29.9 Å². The van der Waals surface area contributed by atoms with Gasteiger partial charge in [-0.1, -0.05) is 230 Å². The summed E-state index contributed by atoms with van der Waals surface area (Å²) in [6.45, 7) is 21.0. The quantitative estimate of drug-likeness (QED) is 0.0964. The van der Waals surface area contributed by atoms with E-state index in [1.54, 1.807) is 0 Å². The molecule has 0 heterocycles. The zero-order chi connectivity index (χ0) is 41.9. The molecule has 0 amide bonds. The van der Waals surface area contributed by atoms with Gasteiger partial charge in [-0.3, -0.25) is 0 Å². The summed E-state index contributed by atoms with van der Waals surface area (Å²) in [4.78, 5) is 0. The smallest absolute Gasteiger partial charge is 0.261 e. The summed E-state index contributed by atoms with van der Waals surface area (Å²) in [5.74, 6) is 0. The Morgan fingerprint density at radius 1 is 0.525 bits per heavy atom. The van der Waals surface area contributed by atoms with Crippen LogP contribution in [0.1, 0.15) is 61.3 Å². The maximum absolute atomic E-state index is 16.2. The van der Waals surface area contributed by atoms with E-state index in [0.29, 0.717) is 12.8 Å². The molecule has 0 radical (unpaired) electrons. The van der Waals surface area contributed by atoms with E-state index in [0.717, 1.165) is 27.1 Å². The Hall–Kier alpha value is -4.62. The van der Waals surface area contributed by atoms with Gasteiger partial charge in [0.15, 0.2) is 7.14 Å². The van der Waals surface area contributed by atoms with Gasteiger partial charge in [-0.15, -0.1) is 0 Å². The highest BCUT2D eigenvalue weighted by Gasteiger charge is 2.55. The topological polar surface area (TPSA) is 35.5 Å². The van der Waals surface area contributed by atoms with Crippen LogP contribution >= 0.6 is 7.14 Å². The molecule has 302 valence electrons. The second-order valence-electron chi connectivity index (χ2n) is 18.0. The van der Waals surface area contributed by atoms with Crippen LogP contribution in [0.5, 0.6) is 0 Å². The van der Waals surface area contributed by atoms with Crippen LogP contribution in [0.25, 0.3) is 0 Å². The molecule has 1 aliphatic rings. The van der Waals surface area contributed by atoms with Gasteiger partial charge in [-0.2, -0.15) is 0 Å². The Balaban J connectivity index is 1.48. The standard InChI is InChI=1S/C53H59O3PSi2/c1-41-50(42(2)57(54,44-27-15-9-16-28-44)45-29-17-10-18-30-45)39-43(55-58(52(3,4)5,46-31-19-11-20-32-46)47-33-21-12-22-34-47)40-51(41)56-59(53(6,7)8,48-35-23-13-24-36-48)49-37-25-14-26-38-49/h9-38,43,51H,1,39-40H2,2-8H3/b50-42+. The fourth-order valence-corrected chi connectivity index (χ4v) is 21.7. The lowest BCUT2D eigenvalue weighted by atomic mass is 9.86. The molecule has 0 aliphatic heterocycles. The predicted molar refractivity (Wildman–Crippen MR) is 256 cm³/mol. The summed E-state index contributed by atoms with van der Waals surface area (Å²) in [5.41, 5.74) is 1.88. The lowest BCUT2D eigenvalue weighted by molar-refractivity contribution is 0.102. The summed E-state index contributed by atoms with van der Waals surface area (Å²) < 4.78 is 32.2. The van der Waals surface area contributed by atoms with Crippen molar-refractivity contribution >= 4 is 55.1 Å². The van der Waals surface area contributed by atoms with E-state index in [-0.39, 0.29) is 16.2 Å². The summed E-state index contributed by atoms with van der Waals surface area (Å²) >= 11 is 0. The zero-order valence-electron chi connectivity index (χ0n) is 35.8. The van der Waals surface area contributed by atoms with E-state index >= 15 is 4.57 Å². The van der Waals surface area contributed by atoms with Crippen LogP contribution in [0.2, 0.25) is 10.1 Å². The Labute approximate surface area is 355 Å². The normalized spacial score (nSPS) is 17.7. The second kappa shape index (κ2) is 17.2. The molecule has 2 atom stereocenters. The van der Waals surface area contributed by atoms with Crippen LogP contribution < -0.4 is 31.4 Å². The van der Waals surface area contributed by atoms with Crippen LogP contribution in [-0.4, -0.2) is 28.8 Å². The van der Waals surface area contributed by atoms with Gasteiger partial charge in [0.25, 0.3) is 16.6 Å². The molecule has 1 aliphatic carbocycles. The summed E-state index contributed by atoms with van der Waals surface area (Å²) in [6.07, 6.45) is 0.508. The number of benzene rings is 6. The highest BCUT2D eigenvalue weighted by molar-refractivity contribution is 7.82. The maximum atomic E-state index is 16.2. The van der Waals surface area contributed by atoms with Gasteiger partial charge in [0.05, 0.1) is 12.2 Å². The van der Waals surface area contributed by atoms with Crippen molar-refractivity contribution in [2.45, 2.75) is 83.6 Å². The van der Waals surface area contributed by atoms with Gasteiger partial charge in [-0.05, 0) is 60.6 Å². The fraction of sp³-hybridized carbons (Fsp3) is 0.245. The molecular formula is C53H59O3PSi2. The largest absolute Gasteiger partial charge is 0.404 e. The van der Waals surface area contributed by atoms with Gasteiger partial charge < -0.3 is 13.4 Å². The molecule has 2 unspecified atom stereocenters. The van der Waals surface area contributed by atoms with Crippen LogP contribution in [-0.2, 0) is 13.4 Å². The average Bonchev–Trinajstić information content (AvgIpc) is 3.26. The van der Waals surface area contributed by atoms with Crippen molar-refractivity contribution in [3.8, 4) is 0 Å². The van der Waals surface area contributed by atoms with Crippen LogP contribution in [0, 0.1) is 0 Å². The molecule has 59 heavy (non-hydrogen) atoms. The minimum Gasteiger partial charge on any atom is -0.404 e. The molecule has 7 rings (SSSR count). The van der Waals surface area contributed by atoms with Gasteiger partial charge in [0, 0.05) is 17.0 Å². The molecule has 1 saturated carbocycles. The first-order valence-electron chi connectivity index (χ1n) is 20.9. The van der Waals surface area contributed by atoms with Crippen molar-refractivity contribution in [3.05, 3.63) is 205 Å². The maximum Gasteiger partial charge on any atom is 0.261 e. The summed E-state index contributed by atoms with van der Waals surface area (Å²) in [5, 5.41) is 6.85. The Bertz CT molecular complexity index is 2280. The third-order valence-corrected chi connectivity index (χ3v) is 25.7. The lowest BCUT2D eigenvalue weighted by Gasteiger charge is -2.50. The molecule has 0 N–H and O–H groups in total. The van der Waals surface area contributed by atoms with Crippen molar-refractivity contribution in [2.75, 3.05) is 0 Å². The molecule has 3 nitrogen and oxygen atoms in total. The van der Waals surface area contributed by atoms with Crippen LogP contribution in [0.4, 0.5) is 0 Å². The third-order valence-electron chi connectivity index (χ3n) is 12.3. The Kier molecular flexibility index (Phi) is 12.4. The Morgan fingerprint density at radius 3 is 1.15 bits per heavy atom. The monoisotopic (exact) mass is 830 g/mol. The van der Waals surface area contributed by atoms with Gasteiger partial charge in [-0.25, -0.2) is 0 Å². The van der Waals surface area contributed by atoms with E-state index in [9.17, 15) is 0 Å². The second-order valence-corrected chi connectivity index (χ2v) is 29.4. The molecule has 0 saturated heterocycles. The number of rotatable bonds is 11. The fourth-order valence-electron chi connectivity index (χ4n) is 9.45. The van der Waals surface area contributed by atoms with Gasteiger partial charge >= 0.3 is 0 Å². The molecule has 6 aromatic carbocycles. The third kappa shape index (κ3) is 7.92. The van der Waals surface area contributed by atoms with Crippen molar-refractivity contribution in [1.82, 2.24) is 0 Å². The van der Waals surface area contributed by atoms with Crippen molar-refractivity contribution in [2.24, 2.45) is 0 Å². The van der Waals surface area contributed by atoms with Crippen molar-refractivity contribution < 1.29 is 13.4 Å². The lowest BCUT2D eigenvalue weighted by Crippen LogP contribution is -2.69. The molecule has 0 spiro atoms. The molecule has 6 heteroatoms. The SMILES string of the molecule is C=C1/C(=C(\C)P(=O)(c2ccccc2)c2ccccc2)CC(O[Si](c2ccccc2)(c2ccccc2)C(C)(C)C)CC1O[Si](c1ccccc1)(c1ccccc1)C(C)(C)C. The highest BCUT2D eigenvalue weighted by Crippen LogP contribution is 2.56. The number of hydrogen-bond acceptors (Lipinski definition) is 3. The first-order chi connectivity index (χ1) is 28.2. The zero-order valence-corrected chi connectivity index (χ0v) is 38.7. The first kappa shape index (κ1) is 42.5. The van der Waals surface area contributed by atoms with E-state index in [1.165, 1.54) is 20.7 Å². The number of allylic oxidation sites excluding steroid dienone is 1. The van der Waals surface area contributed by atoms with Crippen molar-refractivity contribution in [1.29, 1.82) is 0 Å². The summed E-state index contributed by atoms with van der Waals surface area (Å²) in [7, 11) is -9.42. The highest BCUT2D eigenvalue weighted by atomic mass is 31.2. The Morgan fingerprint density at radius 2 is 0.831 bits per heavy atom. The van der Waals surface area contributed by atoms with Crippen LogP contribution in [0.3, 0.4) is 0 Å². The minimum absolute atomic E-state index is 0.235. The first-order valence-corrected chi connectivity index (χ1v) is 26.4. The molecule has 0 bridgehead atoms. The van der Waals surface area contributed by atoms with Gasteiger partial charge in [0.2, 0.25) is 0 Å². The van der Waals surface area contributed by atoms with E-state index in [4.69, 9.17) is 15.4 Å².